The highest BCUT2D eigenvalue weighted by molar-refractivity contribution is 5.27. The highest BCUT2D eigenvalue weighted by Crippen LogP contribution is 2.36. The standard InChI is InChI=1S/C15H22O/c1-2-6-13-7-9-14(10-8-13)15(16)11-4-3-5-12-15/h7-10,16H,2-6,11-12H2,1H3. The molecule has 0 heterocycles. The SMILES string of the molecule is CCCc1ccc(C2(O)CCCCC2)cc1. The molecule has 1 nitrogen and oxygen atoms in total. The zero-order chi connectivity index (χ0) is 11.4. The van der Waals surface area contributed by atoms with E-state index >= 15 is 0 Å². The first-order valence-corrected chi connectivity index (χ1v) is 6.56. The van der Waals surface area contributed by atoms with Crippen LogP contribution in [-0.4, -0.2) is 5.11 Å². The Balaban J connectivity index is 2.13. The molecule has 1 aromatic rings. The van der Waals surface area contributed by atoms with Crippen LogP contribution >= 0.6 is 0 Å². The molecule has 1 aromatic carbocycles. The number of aryl methyl sites for hydroxylation is 1. The van der Waals surface area contributed by atoms with Gasteiger partial charge in [0.05, 0.1) is 5.60 Å². The van der Waals surface area contributed by atoms with Gasteiger partial charge < -0.3 is 5.11 Å². The van der Waals surface area contributed by atoms with E-state index in [2.05, 4.69) is 31.2 Å². The molecule has 0 atom stereocenters. The lowest BCUT2D eigenvalue weighted by Gasteiger charge is -2.32. The van der Waals surface area contributed by atoms with Crippen LogP contribution < -0.4 is 0 Å². The normalized spacial score (nSPS) is 19.6. The van der Waals surface area contributed by atoms with Crippen LogP contribution in [0.3, 0.4) is 0 Å². The molecule has 0 spiro atoms. The summed E-state index contributed by atoms with van der Waals surface area (Å²) in [7, 11) is 0. The molecule has 16 heavy (non-hydrogen) atoms. The van der Waals surface area contributed by atoms with Gasteiger partial charge in [-0.3, -0.25) is 0 Å². The fraction of sp³-hybridized carbons (Fsp3) is 0.600. The van der Waals surface area contributed by atoms with Crippen LogP contribution in [0.5, 0.6) is 0 Å². The van der Waals surface area contributed by atoms with Crippen molar-refractivity contribution in [1.82, 2.24) is 0 Å². The summed E-state index contributed by atoms with van der Waals surface area (Å²) in [6, 6.07) is 8.59. The lowest BCUT2D eigenvalue weighted by Crippen LogP contribution is -2.28. The van der Waals surface area contributed by atoms with E-state index < -0.39 is 5.60 Å². The predicted octanol–water partition coefficient (Wildman–Crippen LogP) is 3.79. The van der Waals surface area contributed by atoms with Crippen LogP contribution in [0.2, 0.25) is 0 Å². The summed E-state index contributed by atoms with van der Waals surface area (Å²) >= 11 is 0. The fourth-order valence-electron chi connectivity index (χ4n) is 2.70. The zero-order valence-electron chi connectivity index (χ0n) is 10.2. The van der Waals surface area contributed by atoms with Crippen molar-refractivity contribution in [3.8, 4) is 0 Å². The molecule has 0 bridgehead atoms. The predicted molar refractivity (Wildman–Crippen MR) is 67.4 cm³/mol. The summed E-state index contributed by atoms with van der Waals surface area (Å²) in [6.07, 6.45) is 7.78. The molecule has 1 N–H and O–H groups in total. The Kier molecular flexibility index (Phi) is 3.65. The minimum absolute atomic E-state index is 0.539. The molecule has 2 rings (SSSR count). The van der Waals surface area contributed by atoms with Gasteiger partial charge in [0.25, 0.3) is 0 Å². The second kappa shape index (κ2) is 5.01. The number of benzene rings is 1. The van der Waals surface area contributed by atoms with Crippen LogP contribution in [0, 0.1) is 0 Å². The van der Waals surface area contributed by atoms with Crippen molar-refractivity contribution in [3.05, 3.63) is 35.4 Å². The zero-order valence-corrected chi connectivity index (χ0v) is 10.2. The minimum atomic E-state index is -0.539. The largest absolute Gasteiger partial charge is 0.385 e. The molecule has 88 valence electrons. The third kappa shape index (κ3) is 2.46. The van der Waals surface area contributed by atoms with Crippen molar-refractivity contribution in [2.24, 2.45) is 0 Å². The Hall–Kier alpha value is -0.820. The molecule has 0 aliphatic heterocycles. The summed E-state index contributed by atoms with van der Waals surface area (Å²) < 4.78 is 0. The maximum absolute atomic E-state index is 10.6. The Labute approximate surface area is 98.5 Å². The smallest absolute Gasteiger partial charge is 0.0896 e. The second-order valence-electron chi connectivity index (χ2n) is 5.04. The molecule has 0 saturated heterocycles. The lowest BCUT2D eigenvalue weighted by molar-refractivity contribution is -0.000635. The van der Waals surface area contributed by atoms with Crippen molar-refractivity contribution in [2.75, 3.05) is 0 Å². The summed E-state index contributed by atoms with van der Waals surface area (Å²) in [5.74, 6) is 0. The van der Waals surface area contributed by atoms with Gasteiger partial charge in [0, 0.05) is 0 Å². The second-order valence-corrected chi connectivity index (χ2v) is 5.04. The molecule has 0 radical (unpaired) electrons. The molecule has 1 heteroatoms. The Morgan fingerprint density at radius 2 is 1.69 bits per heavy atom. The monoisotopic (exact) mass is 218 g/mol. The van der Waals surface area contributed by atoms with Gasteiger partial charge in [-0.05, 0) is 30.4 Å². The van der Waals surface area contributed by atoms with Gasteiger partial charge in [-0.1, -0.05) is 56.9 Å². The van der Waals surface area contributed by atoms with Crippen LogP contribution in [0.4, 0.5) is 0 Å². The van der Waals surface area contributed by atoms with E-state index in [1.54, 1.807) is 0 Å². The Morgan fingerprint density at radius 3 is 2.25 bits per heavy atom. The van der Waals surface area contributed by atoms with Crippen LogP contribution in [0.25, 0.3) is 0 Å². The highest BCUT2D eigenvalue weighted by Gasteiger charge is 2.30. The number of rotatable bonds is 3. The lowest BCUT2D eigenvalue weighted by atomic mass is 9.79. The van der Waals surface area contributed by atoms with Crippen LogP contribution in [0.15, 0.2) is 24.3 Å². The van der Waals surface area contributed by atoms with Gasteiger partial charge in [0.15, 0.2) is 0 Å². The third-order valence-electron chi connectivity index (χ3n) is 3.71. The molecule has 0 unspecified atom stereocenters. The summed E-state index contributed by atoms with van der Waals surface area (Å²) in [5.41, 5.74) is 1.96. The molecule has 0 amide bonds. The van der Waals surface area contributed by atoms with E-state index in [9.17, 15) is 5.11 Å². The summed E-state index contributed by atoms with van der Waals surface area (Å²) in [5, 5.41) is 10.6. The van der Waals surface area contributed by atoms with Crippen molar-refractivity contribution in [1.29, 1.82) is 0 Å². The average Bonchev–Trinajstić information content (AvgIpc) is 2.31. The maximum atomic E-state index is 10.6. The quantitative estimate of drug-likeness (QED) is 0.818. The fourth-order valence-corrected chi connectivity index (χ4v) is 2.70. The van der Waals surface area contributed by atoms with Crippen molar-refractivity contribution in [3.63, 3.8) is 0 Å². The average molecular weight is 218 g/mol. The number of hydrogen-bond donors (Lipinski definition) is 1. The molecule has 0 aromatic heterocycles. The van der Waals surface area contributed by atoms with E-state index in [4.69, 9.17) is 0 Å². The van der Waals surface area contributed by atoms with E-state index in [0.717, 1.165) is 37.7 Å². The van der Waals surface area contributed by atoms with Crippen molar-refractivity contribution < 1.29 is 5.11 Å². The van der Waals surface area contributed by atoms with Gasteiger partial charge >= 0.3 is 0 Å². The molecule has 1 fully saturated rings. The Bertz CT molecular complexity index is 320. The van der Waals surface area contributed by atoms with E-state index in [-0.39, 0.29) is 0 Å². The van der Waals surface area contributed by atoms with Gasteiger partial charge in [-0.25, -0.2) is 0 Å². The van der Waals surface area contributed by atoms with E-state index in [1.807, 2.05) is 0 Å². The highest BCUT2D eigenvalue weighted by atomic mass is 16.3. The maximum Gasteiger partial charge on any atom is 0.0896 e. The van der Waals surface area contributed by atoms with Crippen molar-refractivity contribution >= 4 is 0 Å². The van der Waals surface area contributed by atoms with Crippen LogP contribution in [0.1, 0.15) is 56.6 Å². The van der Waals surface area contributed by atoms with Gasteiger partial charge in [-0.2, -0.15) is 0 Å². The first-order chi connectivity index (χ1) is 7.74. The van der Waals surface area contributed by atoms with Gasteiger partial charge in [0.2, 0.25) is 0 Å². The molecular formula is C15H22O. The number of aliphatic hydroxyl groups is 1. The molecular weight excluding hydrogens is 196 g/mol. The summed E-state index contributed by atoms with van der Waals surface area (Å²) in [4.78, 5) is 0. The third-order valence-corrected chi connectivity index (χ3v) is 3.71. The van der Waals surface area contributed by atoms with Crippen LogP contribution in [-0.2, 0) is 12.0 Å². The first-order valence-electron chi connectivity index (χ1n) is 6.56. The topological polar surface area (TPSA) is 20.2 Å². The Morgan fingerprint density at radius 1 is 1.06 bits per heavy atom. The first kappa shape index (κ1) is 11.7. The molecule has 1 aliphatic rings. The van der Waals surface area contributed by atoms with E-state index in [0.29, 0.717) is 0 Å². The number of hydrogen-bond acceptors (Lipinski definition) is 1. The van der Waals surface area contributed by atoms with E-state index in [1.165, 1.54) is 18.4 Å². The van der Waals surface area contributed by atoms with Crippen molar-refractivity contribution in [2.45, 2.75) is 57.5 Å². The van der Waals surface area contributed by atoms with Gasteiger partial charge in [0.1, 0.15) is 0 Å². The van der Waals surface area contributed by atoms with Gasteiger partial charge in [-0.15, -0.1) is 0 Å². The summed E-state index contributed by atoms with van der Waals surface area (Å²) in [6.45, 7) is 2.20. The molecule has 1 aliphatic carbocycles. The minimum Gasteiger partial charge on any atom is -0.385 e. The molecule has 1 saturated carbocycles.